The molecular formula is C37H71NO10P+. The van der Waals surface area contributed by atoms with Crippen LogP contribution in [0.15, 0.2) is 12.2 Å². The van der Waals surface area contributed by atoms with Crippen LogP contribution in [0, 0.1) is 0 Å². The average molecular weight is 721 g/mol. The van der Waals surface area contributed by atoms with E-state index in [2.05, 4.69) is 6.92 Å². The van der Waals surface area contributed by atoms with E-state index in [4.69, 9.17) is 18.5 Å². The van der Waals surface area contributed by atoms with Gasteiger partial charge < -0.3 is 24.0 Å². The molecule has 49 heavy (non-hydrogen) atoms. The van der Waals surface area contributed by atoms with E-state index < -0.39 is 38.6 Å². The van der Waals surface area contributed by atoms with Crippen LogP contribution < -0.4 is 0 Å². The van der Waals surface area contributed by atoms with Crippen LogP contribution in [0.5, 0.6) is 0 Å². The van der Waals surface area contributed by atoms with Gasteiger partial charge in [-0.15, -0.1) is 0 Å². The number of carbonyl (C=O) groups excluding carboxylic acids is 3. The zero-order valence-electron chi connectivity index (χ0n) is 31.3. The lowest BCUT2D eigenvalue weighted by Gasteiger charge is -2.24. The Balaban J connectivity index is 4.46. The summed E-state index contributed by atoms with van der Waals surface area (Å²) in [4.78, 5) is 45.4. The molecule has 288 valence electrons. The quantitative estimate of drug-likeness (QED) is 0.0165. The Morgan fingerprint density at radius 2 is 1.24 bits per heavy atom. The second-order valence-electron chi connectivity index (χ2n) is 14.2. The summed E-state index contributed by atoms with van der Waals surface area (Å²) in [5.74, 6) is -0.905. The summed E-state index contributed by atoms with van der Waals surface area (Å²) in [6.07, 6.45) is 23.5. The number of hydrogen-bond acceptors (Lipinski definition) is 9. The largest absolute Gasteiger partial charge is 0.472 e. The highest BCUT2D eigenvalue weighted by molar-refractivity contribution is 7.47. The van der Waals surface area contributed by atoms with Gasteiger partial charge in [-0.1, -0.05) is 116 Å². The molecule has 0 aliphatic rings. The van der Waals surface area contributed by atoms with Crippen molar-refractivity contribution in [3.8, 4) is 0 Å². The number of nitrogens with zero attached hydrogens (tertiary/aromatic N) is 1. The molecule has 0 heterocycles. The van der Waals surface area contributed by atoms with Crippen molar-refractivity contribution in [3.63, 3.8) is 0 Å². The lowest BCUT2D eigenvalue weighted by molar-refractivity contribution is -0.870. The third-order valence-electron chi connectivity index (χ3n) is 8.19. The van der Waals surface area contributed by atoms with Crippen molar-refractivity contribution < 1.29 is 52.0 Å². The van der Waals surface area contributed by atoms with Gasteiger partial charge in [0.2, 0.25) is 0 Å². The van der Waals surface area contributed by atoms with Gasteiger partial charge in [-0.3, -0.25) is 23.4 Å². The molecule has 12 heteroatoms. The first kappa shape index (κ1) is 47.4. The molecule has 0 aromatic carbocycles. The Labute approximate surface area is 297 Å². The van der Waals surface area contributed by atoms with Gasteiger partial charge in [0.05, 0.1) is 33.9 Å². The smallest absolute Gasteiger partial charge is 0.462 e. The van der Waals surface area contributed by atoms with Crippen molar-refractivity contribution in [2.24, 2.45) is 0 Å². The molecule has 0 spiro atoms. The van der Waals surface area contributed by atoms with E-state index in [9.17, 15) is 28.9 Å². The number of aldehydes is 1. The van der Waals surface area contributed by atoms with Gasteiger partial charge in [0.1, 0.15) is 26.0 Å². The van der Waals surface area contributed by atoms with E-state index in [0.29, 0.717) is 36.6 Å². The van der Waals surface area contributed by atoms with Crippen molar-refractivity contribution >= 4 is 26.0 Å². The molecule has 0 bridgehead atoms. The van der Waals surface area contributed by atoms with Crippen molar-refractivity contribution in [3.05, 3.63) is 12.2 Å². The number of aliphatic hydroxyl groups is 1. The van der Waals surface area contributed by atoms with E-state index >= 15 is 0 Å². The number of hydrogen-bond donors (Lipinski definition) is 2. The van der Waals surface area contributed by atoms with Gasteiger partial charge in [0, 0.05) is 12.8 Å². The Bertz CT molecular complexity index is 908. The summed E-state index contributed by atoms with van der Waals surface area (Å²) in [7, 11) is 1.38. The Hall–Kier alpha value is -1.62. The fourth-order valence-electron chi connectivity index (χ4n) is 5.14. The first-order valence-corrected chi connectivity index (χ1v) is 20.4. The first-order chi connectivity index (χ1) is 23.4. The minimum Gasteiger partial charge on any atom is -0.462 e. The fourth-order valence-corrected chi connectivity index (χ4v) is 5.88. The second kappa shape index (κ2) is 31.1. The van der Waals surface area contributed by atoms with Gasteiger partial charge in [-0.25, -0.2) is 4.57 Å². The van der Waals surface area contributed by atoms with E-state index in [0.717, 1.165) is 44.9 Å². The van der Waals surface area contributed by atoms with Crippen molar-refractivity contribution in [1.29, 1.82) is 0 Å². The SMILES string of the molecule is CCCCCCCCCCCCCCCC(=O)OCC(COP(=O)(O)OCC[N+](C)(C)C)OC(=O)CCCCCCCC(O)C/C=C\C=O. The highest BCUT2D eigenvalue weighted by Gasteiger charge is 2.27. The summed E-state index contributed by atoms with van der Waals surface area (Å²) in [6, 6.07) is 0. The minimum absolute atomic E-state index is 0.00597. The van der Waals surface area contributed by atoms with Crippen LogP contribution in [-0.2, 0) is 37.5 Å². The summed E-state index contributed by atoms with van der Waals surface area (Å²) >= 11 is 0. The number of likely N-dealkylation sites (N-methyl/N-ethyl adjacent to an activating group) is 1. The highest BCUT2D eigenvalue weighted by Crippen LogP contribution is 2.43. The minimum atomic E-state index is -4.40. The van der Waals surface area contributed by atoms with Crippen LogP contribution in [0.1, 0.15) is 148 Å². The van der Waals surface area contributed by atoms with Crippen LogP contribution in [0.3, 0.4) is 0 Å². The number of quaternary nitrogens is 1. The van der Waals surface area contributed by atoms with Gasteiger partial charge >= 0.3 is 19.8 Å². The Morgan fingerprint density at radius 1 is 0.735 bits per heavy atom. The maximum Gasteiger partial charge on any atom is 0.472 e. The zero-order chi connectivity index (χ0) is 36.6. The summed E-state index contributed by atoms with van der Waals surface area (Å²) in [6.45, 7) is 2.02. The first-order valence-electron chi connectivity index (χ1n) is 18.9. The lowest BCUT2D eigenvalue weighted by atomic mass is 10.0. The maximum absolute atomic E-state index is 12.6. The molecule has 0 radical (unpaired) electrons. The standard InChI is InChI=1S/C37H70NO10P/c1-5-6-7-8-9-10-11-12-13-14-15-18-21-27-36(41)45-32-35(33-47-49(43,44)46-31-29-38(2,3)4)48-37(42)28-22-19-16-17-20-25-34(40)26-23-24-30-39/h23-24,30,34-35,40H,5-22,25-29,31-33H2,1-4H3/p+1/b24-23-. The number of allylic oxidation sites excluding steroid dienone is 1. The molecule has 2 N–H and O–H groups in total. The van der Waals surface area contributed by atoms with Gasteiger partial charge in [0.15, 0.2) is 6.10 Å². The van der Waals surface area contributed by atoms with Crippen molar-refractivity contribution in [1.82, 2.24) is 0 Å². The molecule has 0 aromatic heterocycles. The maximum atomic E-state index is 12.6. The average Bonchev–Trinajstić information content (AvgIpc) is 3.03. The van der Waals surface area contributed by atoms with E-state index in [-0.39, 0.29) is 26.1 Å². The van der Waals surface area contributed by atoms with Crippen LogP contribution in [0.25, 0.3) is 0 Å². The third kappa shape index (κ3) is 34.6. The summed E-state index contributed by atoms with van der Waals surface area (Å²) in [5, 5.41) is 9.90. The number of esters is 2. The molecule has 0 aliphatic heterocycles. The molecule has 3 unspecified atom stereocenters. The molecule has 0 saturated carbocycles. The Morgan fingerprint density at radius 3 is 1.78 bits per heavy atom. The molecule has 0 rings (SSSR count). The number of phosphoric acid groups is 1. The number of carbonyl (C=O) groups is 3. The topological polar surface area (TPSA) is 146 Å². The molecule has 0 amide bonds. The number of ether oxygens (including phenoxy) is 2. The monoisotopic (exact) mass is 720 g/mol. The molecular weight excluding hydrogens is 649 g/mol. The predicted molar refractivity (Wildman–Crippen MR) is 194 cm³/mol. The van der Waals surface area contributed by atoms with Gasteiger partial charge in [0.25, 0.3) is 0 Å². The number of aliphatic hydroxyl groups excluding tert-OH is 1. The van der Waals surface area contributed by atoms with Crippen molar-refractivity contribution in [2.45, 2.75) is 160 Å². The highest BCUT2D eigenvalue weighted by atomic mass is 31.2. The summed E-state index contributed by atoms with van der Waals surface area (Å²) in [5.41, 5.74) is 0. The van der Waals surface area contributed by atoms with Gasteiger partial charge in [-0.2, -0.15) is 0 Å². The fraction of sp³-hybridized carbons (Fsp3) is 0.865. The molecule has 0 fully saturated rings. The normalized spacial score (nSPS) is 14.4. The number of phosphoric ester groups is 1. The van der Waals surface area contributed by atoms with Crippen LogP contribution in [0.4, 0.5) is 0 Å². The number of unbranched alkanes of at least 4 members (excludes halogenated alkanes) is 16. The predicted octanol–water partition coefficient (Wildman–Crippen LogP) is 8.00. The number of rotatable bonds is 35. The Kier molecular flexibility index (Phi) is 30.1. The zero-order valence-corrected chi connectivity index (χ0v) is 32.2. The van der Waals surface area contributed by atoms with E-state index in [1.807, 2.05) is 21.1 Å². The van der Waals surface area contributed by atoms with Crippen molar-refractivity contribution in [2.75, 3.05) is 47.5 Å². The second-order valence-corrected chi connectivity index (χ2v) is 15.6. The molecule has 0 aromatic rings. The molecule has 11 nitrogen and oxygen atoms in total. The van der Waals surface area contributed by atoms with Crippen LogP contribution in [0.2, 0.25) is 0 Å². The van der Waals surface area contributed by atoms with Crippen LogP contribution >= 0.6 is 7.82 Å². The molecule has 3 atom stereocenters. The lowest BCUT2D eigenvalue weighted by Crippen LogP contribution is -2.37. The molecule has 0 saturated heterocycles. The van der Waals surface area contributed by atoms with E-state index in [1.165, 1.54) is 70.3 Å². The molecule has 0 aliphatic carbocycles. The summed E-state index contributed by atoms with van der Waals surface area (Å²) < 4.78 is 34.0. The van der Waals surface area contributed by atoms with E-state index in [1.54, 1.807) is 6.08 Å². The third-order valence-corrected chi connectivity index (χ3v) is 9.18. The van der Waals surface area contributed by atoms with Gasteiger partial charge in [-0.05, 0) is 31.8 Å². The van der Waals surface area contributed by atoms with Crippen LogP contribution in [-0.4, -0.2) is 92.4 Å².